The lowest BCUT2D eigenvalue weighted by atomic mass is 9.96. The van der Waals surface area contributed by atoms with Crippen molar-refractivity contribution >= 4 is 45.1 Å². The number of benzene rings is 2. The predicted octanol–water partition coefficient (Wildman–Crippen LogP) is -1.32. The van der Waals surface area contributed by atoms with Gasteiger partial charge in [-0.25, -0.2) is 0 Å². The minimum absolute atomic E-state index is 0.0857. The Balaban J connectivity index is 1.95. The highest BCUT2D eigenvalue weighted by Crippen LogP contribution is 2.29. The molecular weight excluding hydrogens is 402 g/mol. The van der Waals surface area contributed by atoms with Crippen molar-refractivity contribution < 1.29 is 9.47 Å². The summed E-state index contributed by atoms with van der Waals surface area (Å²) in [4.78, 5) is 52.2. The number of hydrogen-bond acceptors (Lipinski definition) is 8. The lowest BCUT2D eigenvalue weighted by Crippen LogP contribution is -2.49. The normalized spacial score (nSPS) is 13.3. The van der Waals surface area contributed by atoms with E-state index in [1.165, 1.54) is 0 Å². The van der Waals surface area contributed by atoms with E-state index in [4.69, 9.17) is 20.9 Å². The molecule has 0 radical (unpaired) electrons. The number of aromatic nitrogens is 1. The third-order valence-corrected chi connectivity index (χ3v) is 5.69. The van der Waals surface area contributed by atoms with E-state index in [1.54, 1.807) is 19.3 Å². The SMILES string of the molecule is COCCOCCCn1c(=O)c2c(N)c3c(=O)c4c(c(=O)c3c(N)c2c1=O)=CCCC=4. The van der Waals surface area contributed by atoms with Gasteiger partial charge in [0.05, 0.1) is 46.1 Å². The van der Waals surface area contributed by atoms with E-state index in [9.17, 15) is 19.2 Å². The van der Waals surface area contributed by atoms with Gasteiger partial charge in [-0.05, 0) is 19.3 Å². The van der Waals surface area contributed by atoms with Crippen molar-refractivity contribution in [2.75, 3.05) is 38.4 Å². The zero-order valence-corrected chi connectivity index (χ0v) is 17.2. The number of rotatable bonds is 7. The Hall–Kier alpha value is -3.30. The Bertz CT molecular complexity index is 1420. The molecular formula is C22H23N3O6. The Morgan fingerprint density at radius 3 is 1.81 bits per heavy atom. The van der Waals surface area contributed by atoms with Gasteiger partial charge < -0.3 is 20.9 Å². The molecule has 162 valence electrons. The topological polar surface area (TPSA) is 144 Å². The summed E-state index contributed by atoms with van der Waals surface area (Å²) >= 11 is 0. The lowest BCUT2D eigenvalue weighted by Gasteiger charge is -2.08. The Morgan fingerprint density at radius 2 is 1.32 bits per heavy atom. The first-order valence-corrected chi connectivity index (χ1v) is 10.1. The summed E-state index contributed by atoms with van der Waals surface area (Å²) in [6.07, 6.45) is 5.07. The molecule has 0 atom stereocenters. The molecule has 2 aromatic carbocycles. The largest absolute Gasteiger partial charge is 0.397 e. The van der Waals surface area contributed by atoms with Gasteiger partial charge in [-0.1, -0.05) is 12.2 Å². The molecule has 0 spiro atoms. The van der Waals surface area contributed by atoms with Crippen molar-refractivity contribution in [2.24, 2.45) is 0 Å². The summed E-state index contributed by atoms with van der Waals surface area (Å²) in [5.74, 6) is 0. The highest BCUT2D eigenvalue weighted by atomic mass is 16.5. The van der Waals surface area contributed by atoms with Gasteiger partial charge in [-0.3, -0.25) is 23.7 Å². The molecule has 1 aliphatic carbocycles. The molecule has 1 heterocycles. The molecule has 0 bridgehead atoms. The van der Waals surface area contributed by atoms with E-state index in [0.29, 0.717) is 39.1 Å². The van der Waals surface area contributed by atoms with Gasteiger partial charge in [0.25, 0.3) is 11.1 Å². The highest BCUT2D eigenvalue weighted by molar-refractivity contribution is 6.18. The van der Waals surface area contributed by atoms with Gasteiger partial charge in [0.1, 0.15) is 0 Å². The fraction of sp³-hybridized carbons (Fsp3) is 0.364. The van der Waals surface area contributed by atoms with Crippen LogP contribution in [0, 0.1) is 0 Å². The molecule has 4 rings (SSSR count). The number of nitrogen functional groups attached to an aromatic ring is 2. The Labute approximate surface area is 175 Å². The molecule has 1 aromatic heterocycles. The van der Waals surface area contributed by atoms with Crippen LogP contribution in [-0.4, -0.2) is 31.5 Å². The first-order chi connectivity index (χ1) is 14.9. The second-order valence-electron chi connectivity index (χ2n) is 7.52. The number of ether oxygens (including phenoxy) is 2. The number of methoxy groups -OCH3 is 1. The summed E-state index contributed by atoms with van der Waals surface area (Å²) in [5, 5.41) is 0.168. The standard InChI is InChI=1S/C22H23N3O6/c1-30-9-10-31-8-4-7-25-21(28)15-16(22(25)29)18(24)14-13(17(15)23)19(26)11-5-2-3-6-12(11)20(14)27/h5-6H,2-4,7-10,23-24H2,1H3. The zero-order valence-electron chi connectivity index (χ0n) is 17.2. The summed E-state index contributed by atoms with van der Waals surface area (Å²) < 4.78 is 11.3. The number of anilines is 2. The van der Waals surface area contributed by atoms with Crippen molar-refractivity contribution in [1.29, 1.82) is 0 Å². The maximum atomic E-state index is 13.1. The Kier molecular flexibility index (Phi) is 5.47. The van der Waals surface area contributed by atoms with E-state index in [-0.39, 0.29) is 49.9 Å². The predicted molar refractivity (Wildman–Crippen MR) is 120 cm³/mol. The van der Waals surface area contributed by atoms with Crippen molar-refractivity contribution in [3.8, 4) is 0 Å². The highest BCUT2D eigenvalue weighted by Gasteiger charge is 2.24. The number of nitrogens with two attached hydrogens (primary N) is 2. The zero-order chi connectivity index (χ0) is 22.3. The molecule has 9 nitrogen and oxygen atoms in total. The van der Waals surface area contributed by atoms with E-state index >= 15 is 0 Å². The molecule has 0 saturated heterocycles. The van der Waals surface area contributed by atoms with Crippen molar-refractivity contribution in [3.63, 3.8) is 0 Å². The van der Waals surface area contributed by atoms with Crippen molar-refractivity contribution in [2.45, 2.75) is 25.8 Å². The van der Waals surface area contributed by atoms with Gasteiger partial charge >= 0.3 is 0 Å². The van der Waals surface area contributed by atoms with Crippen LogP contribution in [0.2, 0.25) is 0 Å². The van der Waals surface area contributed by atoms with Crippen LogP contribution < -0.4 is 43.9 Å². The first kappa shape index (κ1) is 21.0. The van der Waals surface area contributed by atoms with Crippen LogP contribution in [0.4, 0.5) is 11.4 Å². The summed E-state index contributed by atoms with van der Waals surface area (Å²) in [6, 6.07) is 0. The molecule has 0 fully saturated rings. The summed E-state index contributed by atoms with van der Waals surface area (Å²) in [6.45, 7) is 1.28. The number of fused-ring (bicyclic) bond motifs is 3. The second kappa shape index (κ2) is 8.09. The molecule has 0 unspecified atom stereocenters. The molecule has 0 amide bonds. The van der Waals surface area contributed by atoms with Crippen LogP contribution in [-0.2, 0) is 16.0 Å². The smallest absolute Gasteiger partial charge is 0.263 e. The molecule has 1 aliphatic rings. The van der Waals surface area contributed by atoms with Gasteiger partial charge in [-0.2, -0.15) is 0 Å². The van der Waals surface area contributed by atoms with Crippen LogP contribution in [0.5, 0.6) is 0 Å². The second-order valence-corrected chi connectivity index (χ2v) is 7.52. The molecule has 31 heavy (non-hydrogen) atoms. The van der Waals surface area contributed by atoms with Crippen molar-refractivity contribution in [3.05, 3.63) is 51.6 Å². The molecule has 3 aromatic rings. The maximum absolute atomic E-state index is 13.1. The lowest BCUT2D eigenvalue weighted by molar-refractivity contribution is 0.0679. The van der Waals surface area contributed by atoms with E-state index in [1.807, 2.05) is 0 Å². The fourth-order valence-corrected chi connectivity index (χ4v) is 4.21. The summed E-state index contributed by atoms with van der Waals surface area (Å²) in [5.41, 5.74) is 9.95. The van der Waals surface area contributed by atoms with E-state index in [0.717, 1.165) is 4.57 Å². The minimum atomic E-state index is -0.622. The van der Waals surface area contributed by atoms with Gasteiger partial charge in [0.2, 0.25) is 0 Å². The molecule has 0 aliphatic heterocycles. The van der Waals surface area contributed by atoms with Gasteiger partial charge in [0, 0.05) is 30.7 Å². The average Bonchev–Trinajstić information content (AvgIpc) is 3.02. The van der Waals surface area contributed by atoms with Crippen LogP contribution >= 0.6 is 0 Å². The summed E-state index contributed by atoms with van der Waals surface area (Å²) in [7, 11) is 1.56. The third-order valence-electron chi connectivity index (χ3n) is 5.69. The average molecular weight is 425 g/mol. The quantitative estimate of drug-likeness (QED) is 0.270. The van der Waals surface area contributed by atoms with Gasteiger partial charge in [-0.15, -0.1) is 0 Å². The van der Waals surface area contributed by atoms with Crippen LogP contribution in [0.15, 0.2) is 19.2 Å². The Morgan fingerprint density at radius 1 is 0.806 bits per heavy atom. The van der Waals surface area contributed by atoms with Crippen LogP contribution in [0.1, 0.15) is 19.3 Å². The number of nitrogens with zero attached hydrogens (tertiary/aromatic N) is 1. The number of hydrogen-bond donors (Lipinski definition) is 2. The minimum Gasteiger partial charge on any atom is -0.397 e. The fourth-order valence-electron chi connectivity index (χ4n) is 4.21. The van der Waals surface area contributed by atoms with E-state index in [2.05, 4.69) is 0 Å². The van der Waals surface area contributed by atoms with E-state index < -0.39 is 22.0 Å². The van der Waals surface area contributed by atoms with Crippen molar-refractivity contribution in [1.82, 2.24) is 4.57 Å². The third kappa shape index (κ3) is 3.17. The molecule has 9 heteroatoms. The van der Waals surface area contributed by atoms with Crippen LogP contribution in [0.25, 0.3) is 33.7 Å². The van der Waals surface area contributed by atoms with Gasteiger partial charge in [0.15, 0.2) is 10.9 Å². The molecule has 0 saturated carbocycles. The first-order valence-electron chi connectivity index (χ1n) is 10.1. The molecule has 4 N–H and O–H groups in total. The maximum Gasteiger partial charge on any atom is 0.263 e. The van der Waals surface area contributed by atoms with Crippen LogP contribution in [0.3, 0.4) is 0 Å². The monoisotopic (exact) mass is 425 g/mol.